The first-order valence-electron chi connectivity index (χ1n) is 4.58. The molecule has 1 aromatic carbocycles. The number of hydrogen-bond acceptors (Lipinski definition) is 4. The van der Waals surface area contributed by atoms with Gasteiger partial charge in [0.2, 0.25) is 0 Å². The molecule has 1 aliphatic rings. The van der Waals surface area contributed by atoms with Crippen LogP contribution in [0, 0.1) is 5.82 Å². The van der Waals surface area contributed by atoms with E-state index in [2.05, 4.69) is 0 Å². The van der Waals surface area contributed by atoms with Crippen molar-refractivity contribution in [2.75, 3.05) is 26.1 Å². The van der Waals surface area contributed by atoms with Crippen molar-refractivity contribution < 1.29 is 13.9 Å². The van der Waals surface area contributed by atoms with Crippen molar-refractivity contribution in [1.29, 1.82) is 0 Å². The average molecular weight is 229 g/mol. The summed E-state index contributed by atoms with van der Waals surface area (Å²) >= 11 is 1.60. The summed E-state index contributed by atoms with van der Waals surface area (Å²) in [5.74, 6) is -0.198. The molecular weight excluding hydrogens is 217 g/mol. The Bertz CT molecular complexity index is 369. The third-order valence-corrected chi connectivity index (χ3v) is 3.40. The average Bonchev–Trinajstić information content (AvgIpc) is 2.14. The van der Waals surface area contributed by atoms with Crippen LogP contribution >= 0.6 is 11.8 Å². The lowest BCUT2D eigenvalue weighted by molar-refractivity contribution is 0.0455. The number of benzene rings is 1. The molecule has 1 heterocycles. The Morgan fingerprint density at radius 3 is 2.80 bits per heavy atom. The highest BCUT2D eigenvalue weighted by molar-refractivity contribution is 8.00. The molecule has 0 aromatic heterocycles. The molecule has 0 saturated carbocycles. The fourth-order valence-corrected chi connectivity index (χ4v) is 2.33. The molecule has 1 saturated heterocycles. The molecule has 0 amide bonds. The molecule has 1 fully saturated rings. The van der Waals surface area contributed by atoms with Crippen LogP contribution in [0.25, 0.3) is 0 Å². The number of methoxy groups -OCH3 is 1. The van der Waals surface area contributed by atoms with Gasteiger partial charge in [-0.25, -0.2) is 4.39 Å². The van der Waals surface area contributed by atoms with Gasteiger partial charge in [0.1, 0.15) is 0 Å². The normalized spacial score (nSPS) is 16.1. The van der Waals surface area contributed by atoms with Gasteiger partial charge in [-0.2, -0.15) is 0 Å². The number of hydrogen-bond donors (Lipinski definition) is 1. The van der Waals surface area contributed by atoms with Crippen LogP contribution < -0.4 is 10.5 Å². The molecule has 0 aliphatic carbocycles. The SMILES string of the molecule is COc1cc(SC2COC2)c(N)cc1F. The molecule has 5 heteroatoms. The second-order valence-corrected chi connectivity index (χ2v) is 4.64. The van der Waals surface area contributed by atoms with E-state index in [1.54, 1.807) is 17.8 Å². The van der Waals surface area contributed by atoms with Crippen molar-refractivity contribution in [2.24, 2.45) is 0 Å². The fraction of sp³-hybridized carbons (Fsp3) is 0.400. The molecule has 15 heavy (non-hydrogen) atoms. The Morgan fingerprint density at radius 1 is 1.53 bits per heavy atom. The number of nitrogen functional groups attached to an aromatic ring is 1. The van der Waals surface area contributed by atoms with E-state index < -0.39 is 5.82 Å². The zero-order valence-electron chi connectivity index (χ0n) is 8.33. The summed E-state index contributed by atoms with van der Waals surface area (Å²) in [6.07, 6.45) is 0. The molecule has 1 aromatic rings. The van der Waals surface area contributed by atoms with Gasteiger partial charge in [-0.1, -0.05) is 0 Å². The molecule has 0 unspecified atom stereocenters. The topological polar surface area (TPSA) is 44.5 Å². The van der Waals surface area contributed by atoms with Crippen LogP contribution in [0.1, 0.15) is 0 Å². The second-order valence-electron chi connectivity index (χ2n) is 3.30. The summed E-state index contributed by atoms with van der Waals surface area (Å²) in [7, 11) is 1.44. The molecular formula is C10H12FNO2S. The van der Waals surface area contributed by atoms with Crippen molar-refractivity contribution in [2.45, 2.75) is 10.1 Å². The maximum Gasteiger partial charge on any atom is 0.167 e. The van der Waals surface area contributed by atoms with E-state index in [9.17, 15) is 4.39 Å². The third-order valence-electron chi connectivity index (χ3n) is 2.19. The van der Waals surface area contributed by atoms with Crippen molar-refractivity contribution in [3.63, 3.8) is 0 Å². The Balaban J connectivity index is 2.21. The lowest BCUT2D eigenvalue weighted by Crippen LogP contribution is -2.30. The van der Waals surface area contributed by atoms with Crippen molar-refractivity contribution in [3.8, 4) is 5.75 Å². The van der Waals surface area contributed by atoms with Gasteiger partial charge >= 0.3 is 0 Å². The standard InChI is InChI=1S/C10H12FNO2S/c1-13-9-3-10(8(12)2-7(9)11)15-6-4-14-5-6/h2-3,6H,4-5,12H2,1H3. The van der Waals surface area contributed by atoms with Crippen LogP contribution in [0.2, 0.25) is 0 Å². The van der Waals surface area contributed by atoms with Crippen LogP contribution in [0.15, 0.2) is 17.0 Å². The van der Waals surface area contributed by atoms with Gasteiger partial charge in [0.05, 0.1) is 25.6 Å². The molecule has 0 atom stereocenters. The van der Waals surface area contributed by atoms with E-state index in [0.717, 1.165) is 18.1 Å². The van der Waals surface area contributed by atoms with Gasteiger partial charge in [0, 0.05) is 16.6 Å². The first kappa shape index (κ1) is 10.6. The summed E-state index contributed by atoms with van der Waals surface area (Å²) in [6.45, 7) is 1.45. The maximum atomic E-state index is 13.2. The minimum absolute atomic E-state index is 0.229. The number of anilines is 1. The van der Waals surface area contributed by atoms with E-state index in [4.69, 9.17) is 15.2 Å². The van der Waals surface area contributed by atoms with Gasteiger partial charge < -0.3 is 15.2 Å². The summed E-state index contributed by atoms with van der Waals surface area (Å²) in [6, 6.07) is 2.92. The van der Waals surface area contributed by atoms with Crippen LogP contribution in [0.4, 0.5) is 10.1 Å². The van der Waals surface area contributed by atoms with Crippen LogP contribution in [-0.2, 0) is 4.74 Å². The smallest absolute Gasteiger partial charge is 0.167 e. The van der Waals surface area contributed by atoms with E-state index >= 15 is 0 Å². The molecule has 0 bridgehead atoms. The quantitative estimate of drug-likeness (QED) is 0.804. The molecule has 0 spiro atoms. The highest BCUT2D eigenvalue weighted by Crippen LogP contribution is 2.35. The fourth-order valence-electron chi connectivity index (χ4n) is 1.27. The first-order chi connectivity index (χ1) is 7.20. The van der Waals surface area contributed by atoms with E-state index in [-0.39, 0.29) is 5.75 Å². The van der Waals surface area contributed by atoms with Gasteiger partial charge in [-0.3, -0.25) is 0 Å². The van der Waals surface area contributed by atoms with Crippen molar-refractivity contribution in [3.05, 3.63) is 17.9 Å². The number of ether oxygens (including phenoxy) is 2. The number of nitrogens with two attached hydrogens (primary N) is 1. The Kier molecular flexibility index (Phi) is 3.02. The lowest BCUT2D eigenvalue weighted by Gasteiger charge is -2.25. The molecule has 2 N–H and O–H groups in total. The molecule has 0 radical (unpaired) electrons. The summed E-state index contributed by atoms with van der Waals surface area (Å²) < 4.78 is 23.2. The zero-order chi connectivity index (χ0) is 10.8. The first-order valence-corrected chi connectivity index (χ1v) is 5.46. The maximum absolute atomic E-state index is 13.2. The highest BCUT2D eigenvalue weighted by atomic mass is 32.2. The van der Waals surface area contributed by atoms with Gasteiger partial charge in [0.25, 0.3) is 0 Å². The van der Waals surface area contributed by atoms with E-state index in [1.807, 2.05) is 0 Å². The van der Waals surface area contributed by atoms with E-state index in [1.165, 1.54) is 13.2 Å². The number of rotatable bonds is 3. The summed E-state index contributed by atoms with van der Waals surface area (Å²) in [5, 5.41) is 0.419. The molecule has 82 valence electrons. The monoisotopic (exact) mass is 229 g/mol. The number of thioether (sulfide) groups is 1. The largest absolute Gasteiger partial charge is 0.494 e. The highest BCUT2D eigenvalue weighted by Gasteiger charge is 2.21. The van der Waals surface area contributed by atoms with Crippen molar-refractivity contribution >= 4 is 17.4 Å². The Hall–Kier alpha value is -0.940. The minimum Gasteiger partial charge on any atom is -0.494 e. The number of halogens is 1. The predicted octanol–water partition coefficient (Wildman–Crippen LogP) is 1.91. The van der Waals surface area contributed by atoms with Gasteiger partial charge in [-0.15, -0.1) is 11.8 Å². The molecule has 3 nitrogen and oxygen atoms in total. The zero-order valence-corrected chi connectivity index (χ0v) is 9.14. The van der Waals surface area contributed by atoms with Crippen LogP contribution in [0.5, 0.6) is 5.75 Å². The Morgan fingerprint density at radius 2 is 2.27 bits per heavy atom. The second kappa shape index (κ2) is 4.28. The van der Waals surface area contributed by atoms with Crippen molar-refractivity contribution in [1.82, 2.24) is 0 Å². The molecule has 1 aliphatic heterocycles. The predicted molar refractivity (Wildman–Crippen MR) is 57.8 cm³/mol. The third kappa shape index (κ3) is 2.18. The summed E-state index contributed by atoms with van der Waals surface area (Å²) in [5.41, 5.74) is 6.16. The van der Waals surface area contributed by atoms with Gasteiger partial charge in [0.15, 0.2) is 11.6 Å². The Labute approximate surface area is 91.7 Å². The van der Waals surface area contributed by atoms with Crippen LogP contribution in [0.3, 0.4) is 0 Å². The minimum atomic E-state index is -0.427. The molecule has 2 rings (SSSR count). The van der Waals surface area contributed by atoms with E-state index in [0.29, 0.717) is 10.9 Å². The van der Waals surface area contributed by atoms with Gasteiger partial charge in [-0.05, 0) is 6.07 Å². The van der Waals surface area contributed by atoms with Crippen LogP contribution in [-0.4, -0.2) is 25.6 Å². The lowest BCUT2D eigenvalue weighted by atomic mass is 10.3. The summed E-state index contributed by atoms with van der Waals surface area (Å²) in [4.78, 5) is 0.849.